The van der Waals surface area contributed by atoms with Crippen molar-refractivity contribution in [2.24, 2.45) is 0 Å². The van der Waals surface area contributed by atoms with Gasteiger partial charge >= 0.3 is 0 Å². The van der Waals surface area contributed by atoms with E-state index in [0.717, 1.165) is 5.56 Å². The predicted octanol–water partition coefficient (Wildman–Crippen LogP) is 1.88. The van der Waals surface area contributed by atoms with Crippen LogP contribution in [-0.2, 0) is 11.3 Å². The maximum atomic E-state index is 9.62. The summed E-state index contributed by atoms with van der Waals surface area (Å²) in [4.78, 5) is 4.18. The van der Waals surface area contributed by atoms with Gasteiger partial charge in [-0.15, -0.1) is 0 Å². The van der Waals surface area contributed by atoms with Gasteiger partial charge in [0.05, 0.1) is 24.4 Å². The molecule has 22 heavy (non-hydrogen) atoms. The molecule has 0 amide bonds. The number of rotatable bonds is 9. The van der Waals surface area contributed by atoms with Gasteiger partial charge in [-0.05, 0) is 40.2 Å². The Hall–Kier alpha value is -1.37. The average molecular weight is 312 g/mol. The first-order chi connectivity index (χ1) is 10.1. The molecular weight excluding hydrogens is 284 g/mol. The van der Waals surface area contributed by atoms with E-state index >= 15 is 0 Å². The highest BCUT2D eigenvalue weighted by Gasteiger charge is 2.18. The smallest absolute Gasteiger partial charge is 0.215 e. The van der Waals surface area contributed by atoms with Crippen LogP contribution in [0.2, 0.25) is 0 Å². The van der Waals surface area contributed by atoms with Gasteiger partial charge < -0.3 is 25.4 Å². The fourth-order valence-electron chi connectivity index (χ4n) is 1.71. The summed E-state index contributed by atoms with van der Waals surface area (Å²) in [5, 5.41) is 18.6. The highest BCUT2D eigenvalue weighted by Crippen LogP contribution is 2.21. The van der Waals surface area contributed by atoms with Gasteiger partial charge in [0.2, 0.25) is 5.88 Å². The zero-order valence-electron chi connectivity index (χ0n) is 13.9. The lowest BCUT2D eigenvalue weighted by atomic mass is 10.1. The number of ether oxygens (including phenoxy) is 2. The number of aliphatic hydroxyl groups is 2. The second-order valence-corrected chi connectivity index (χ2v) is 6.63. The highest BCUT2D eigenvalue weighted by molar-refractivity contribution is 5.41. The number of anilines is 1. The predicted molar refractivity (Wildman–Crippen MR) is 85.6 cm³/mol. The third kappa shape index (κ3) is 7.06. The van der Waals surface area contributed by atoms with Gasteiger partial charge in [0.15, 0.2) is 0 Å². The molecule has 0 fully saturated rings. The van der Waals surface area contributed by atoms with Gasteiger partial charge in [0.25, 0.3) is 0 Å². The van der Waals surface area contributed by atoms with Gasteiger partial charge in [-0.25, -0.2) is 0 Å². The fraction of sp³-hybridized carbons (Fsp3) is 0.688. The van der Waals surface area contributed by atoms with Crippen molar-refractivity contribution in [1.29, 1.82) is 0 Å². The second kappa shape index (κ2) is 7.76. The van der Waals surface area contributed by atoms with Crippen LogP contribution < -0.4 is 10.5 Å². The van der Waals surface area contributed by atoms with Crippen LogP contribution >= 0.6 is 0 Å². The van der Waals surface area contributed by atoms with Gasteiger partial charge in [0.1, 0.15) is 5.82 Å². The monoisotopic (exact) mass is 312 g/mol. The van der Waals surface area contributed by atoms with E-state index in [1.807, 2.05) is 19.9 Å². The summed E-state index contributed by atoms with van der Waals surface area (Å²) in [7, 11) is 0. The number of nitrogens with two attached hydrogens (primary N) is 1. The first-order valence-corrected chi connectivity index (χ1v) is 7.48. The van der Waals surface area contributed by atoms with E-state index in [-0.39, 0.29) is 6.61 Å². The molecule has 0 bridgehead atoms. The van der Waals surface area contributed by atoms with Crippen molar-refractivity contribution in [2.75, 3.05) is 18.9 Å². The largest absolute Gasteiger partial charge is 0.477 e. The van der Waals surface area contributed by atoms with Crippen molar-refractivity contribution in [3.63, 3.8) is 0 Å². The standard InChI is InChI=1S/C16H28N2O4/c1-15(2,20)8-10-21-13-6-5-12(14(17)18-13)11-22-16(3,4)7-9-19/h5-6,19-20H,7-11H2,1-4H3,(H2,17,18). The summed E-state index contributed by atoms with van der Waals surface area (Å²) in [6.07, 6.45) is 1.06. The summed E-state index contributed by atoms with van der Waals surface area (Å²) < 4.78 is 11.2. The quantitative estimate of drug-likeness (QED) is 0.644. The number of aromatic nitrogens is 1. The van der Waals surface area contributed by atoms with Crippen molar-refractivity contribution >= 4 is 5.82 Å². The molecule has 6 nitrogen and oxygen atoms in total. The Labute approximate surface area is 132 Å². The zero-order valence-corrected chi connectivity index (χ0v) is 13.9. The van der Waals surface area contributed by atoms with E-state index in [1.54, 1.807) is 19.9 Å². The maximum Gasteiger partial charge on any atom is 0.215 e. The first kappa shape index (κ1) is 18.7. The van der Waals surface area contributed by atoms with Crippen LogP contribution in [0, 0.1) is 0 Å². The van der Waals surface area contributed by atoms with Crippen molar-refractivity contribution in [3.8, 4) is 5.88 Å². The van der Waals surface area contributed by atoms with E-state index in [2.05, 4.69) is 4.98 Å². The number of hydrogen-bond acceptors (Lipinski definition) is 6. The summed E-state index contributed by atoms with van der Waals surface area (Å²) in [5.74, 6) is 0.792. The summed E-state index contributed by atoms with van der Waals surface area (Å²) >= 11 is 0. The first-order valence-electron chi connectivity index (χ1n) is 7.48. The topological polar surface area (TPSA) is 97.8 Å². The minimum absolute atomic E-state index is 0.0781. The minimum atomic E-state index is -0.766. The molecule has 0 aliphatic rings. The molecule has 0 saturated heterocycles. The molecule has 1 aromatic heterocycles. The normalized spacial score (nSPS) is 12.5. The molecule has 0 aliphatic carbocycles. The summed E-state index contributed by atoms with van der Waals surface area (Å²) in [6.45, 7) is 8.07. The van der Waals surface area contributed by atoms with Crippen LogP contribution in [0.1, 0.15) is 46.1 Å². The summed E-state index contributed by atoms with van der Waals surface area (Å²) in [5.41, 5.74) is 5.51. The number of nitrogen functional groups attached to an aromatic ring is 1. The molecule has 126 valence electrons. The molecule has 0 aromatic carbocycles. The van der Waals surface area contributed by atoms with Gasteiger partial charge in [-0.3, -0.25) is 0 Å². The van der Waals surface area contributed by atoms with Crippen LogP contribution in [0.25, 0.3) is 0 Å². The highest BCUT2D eigenvalue weighted by atomic mass is 16.5. The lowest BCUT2D eigenvalue weighted by Gasteiger charge is -2.24. The van der Waals surface area contributed by atoms with E-state index < -0.39 is 11.2 Å². The molecular formula is C16H28N2O4. The number of pyridine rings is 1. The number of aliphatic hydroxyl groups excluding tert-OH is 1. The van der Waals surface area contributed by atoms with Crippen molar-refractivity contribution in [3.05, 3.63) is 17.7 Å². The van der Waals surface area contributed by atoms with Crippen LogP contribution in [-0.4, -0.2) is 39.6 Å². The molecule has 0 aliphatic heterocycles. The summed E-state index contributed by atoms with van der Waals surface area (Å²) in [6, 6.07) is 3.55. The van der Waals surface area contributed by atoms with Gasteiger partial charge in [-0.2, -0.15) is 4.98 Å². The molecule has 1 heterocycles. The van der Waals surface area contributed by atoms with E-state index in [1.165, 1.54) is 0 Å². The number of hydrogen-bond donors (Lipinski definition) is 3. The molecule has 4 N–H and O–H groups in total. The SMILES string of the molecule is CC(C)(O)CCOc1ccc(COC(C)(C)CCO)c(N)n1. The van der Waals surface area contributed by atoms with Gasteiger partial charge in [-0.1, -0.05) is 0 Å². The lowest BCUT2D eigenvalue weighted by Crippen LogP contribution is -2.25. The number of nitrogens with zero attached hydrogens (tertiary/aromatic N) is 1. The second-order valence-electron chi connectivity index (χ2n) is 6.63. The van der Waals surface area contributed by atoms with Crippen LogP contribution in [0.4, 0.5) is 5.82 Å². The molecule has 0 unspecified atom stereocenters. The molecule has 1 rings (SSSR count). The third-order valence-corrected chi connectivity index (χ3v) is 3.28. The minimum Gasteiger partial charge on any atom is -0.477 e. The molecule has 0 atom stereocenters. The fourth-order valence-corrected chi connectivity index (χ4v) is 1.71. The Balaban J connectivity index is 2.55. The Kier molecular flexibility index (Phi) is 6.59. The maximum absolute atomic E-state index is 9.62. The van der Waals surface area contributed by atoms with Crippen LogP contribution in [0.5, 0.6) is 5.88 Å². The lowest BCUT2D eigenvalue weighted by molar-refractivity contribution is -0.0433. The third-order valence-electron chi connectivity index (χ3n) is 3.28. The average Bonchev–Trinajstić information content (AvgIpc) is 2.36. The molecule has 6 heteroatoms. The molecule has 0 spiro atoms. The molecule has 0 saturated carbocycles. The molecule has 0 radical (unpaired) electrons. The van der Waals surface area contributed by atoms with E-state index in [4.69, 9.17) is 20.3 Å². The van der Waals surface area contributed by atoms with Crippen molar-refractivity contribution in [2.45, 2.75) is 58.3 Å². The van der Waals surface area contributed by atoms with E-state index in [0.29, 0.717) is 37.8 Å². The molecule has 1 aromatic rings. The van der Waals surface area contributed by atoms with Gasteiger partial charge in [0, 0.05) is 24.7 Å². The van der Waals surface area contributed by atoms with Crippen LogP contribution in [0.3, 0.4) is 0 Å². The van der Waals surface area contributed by atoms with E-state index in [9.17, 15) is 5.11 Å². The zero-order chi connectivity index (χ0) is 16.8. The Bertz CT molecular complexity index is 470. The van der Waals surface area contributed by atoms with Crippen molar-refractivity contribution in [1.82, 2.24) is 4.98 Å². The Morgan fingerprint density at radius 1 is 1.18 bits per heavy atom. The Morgan fingerprint density at radius 2 is 1.86 bits per heavy atom. The van der Waals surface area contributed by atoms with Crippen LogP contribution in [0.15, 0.2) is 12.1 Å². The van der Waals surface area contributed by atoms with Crippen molar-refractivity contribution < 1.29 is 19.7 Å². The Morgan fingerprint density at radius 3 is 2.41 bits per heavy atom.